The minimum Gasteiger partial charge on any atom is -0.327 e. The van der Waals surface area contributed by atoms with E-state index in [1.165, 1.54) is 6.07 Å². The van der Waals surface area contributed by atoms with Crippen LogP contribution < -0.4 is 0 Å². The van der Waals surface area contributed by atoms with Crippen molar-refractivity contribution in [3.05, 3.63) is 59.6 Å². The summed E-state index contributed by atoms with van der Waals surface area (Å²) in [6.07, 6.45) is 5.61. The lowest BCUT2D eigenvalue weighted by Crippen LogP contribution is -1.99. The maximum atomic E-state index is 14.0. The topological polar surface area (TPSA) is 48.0 Å². The second-order valence-corrected chi connectivity index (χ2v) is 6.81. The van der Waals surface area contributed by atoms with E-state index >= 15 is 0 Å². The highest BCUT2D eigenvalue weighted by molar-refractivity contribution is 5.81. The van der Waals surface area contributed by atoms with Gasteiger partial charge in [-0.1, -0.05) is 0 Å². The normalized spacial score (nSPS) is 13.5. The highest BCUT2D eigenvalue weighted by Gasteiger charge is 2.25. The first-order chi connectivity index (χ1) is 12.6. The standard InChI is InChI=1S/C20H18FN5/c1-12-13(2)16(21)7-6-15(12)19-20(25-9-3-4-18(25)24-19)14-5-8-17-22-11-23-26(17)10-14/h5-8,10-11H,3-4,9H2,1-2H3. The molecule has 0 spiro atoms. The van der Waals surface area contributed by atoms with Gasteiger partial charge in [-0.2, -0.15) is 5.10 Å². The molecule has 0 saturated heterocycles. The lowest BCUT2D eigenvalue weighted by molar-refractivity contribution is 0.617. The van der Waals surface area contributed by atoms with Crippen molar-refractivity contribution in [3.8, 4) is 22.5 Å². The van der Waals surface area contributed by atoms with Gasteiger partial charge in [0.2, 0.25) is 0 Å². The van der Waals surface area contributed by atoms with Crippen LogP contribution in [0.2, 0.25) is 0 Å². The average Bonchev–Trinajstić information content (AvgIpc) is 3.34. The second-order valence-electron chi connectivity index (χ2n) is 6.81. The van der Waals surface area contributed by atoms with E-state index < -0.39 is 0 Å². The number of imidazole rings is 1. The number of hydrogen-bond acceptors (Lipinski definition) is 3. The van der Waals surface area contributed by atoms with Crippen molar-refractivity contribution in [2.45, 2.75) is 33.2 Å². The first kappa shape index (κ1) is 15.3. The van der Waals surface area contributed by atoms with Crippen molar-refractivity contribution >= 4 is 5.65 Å². The number of halogens is 1. The SMILES string of the molecule is Cc1c(F)ccc(-c2nc3n(c2-c2ccc4ncnn4c2)CCC3)c1C. The van der Waals surface area contributed by atoms with Crippen LogP contribution in [0.3, 0.4) is 0 Å². The number of nitrogens with zero attached hydrogens (tertiary/aromatic N) is 5. The van der Waals surface area contributed by atoms with Gasteiger partial charge in [0.05, 0.1) is 11.4 Å². The molecule has 5 nitrogen and oxygen atoms in total. The molecule has 6 heteroatoms. The Balaban J connectivity index is 1.79. The molecule has 0 saturated carbocycles. The highest BCUT2D eigenvalue weighted by Crippen LogP contribution is 2.37. The molecule has 0 aliphatic carbocycles. The predicted molar refractivity (Wildman–Crippen MR) is 97.4 cm³/mol. The van der Waals surface area contributed by atoms with Crippen molar-refractivity contribution in [3.63, 3.8) is 0 Å². The fourth-order valence-electron chi connectivity index (χ4n) is 3.81. The van der Waals surface area contributed by atoms with E-state index in [0.717, 1.165) is 58.9 Å². The number of pyridine rings is 1. The van der Waals surface area contributed by atoms with Crippen molar-refractivity contribution < 1.29 is 4.39 Å². The predicted octanol–water partition coefficient (Wildman–Crippen LogP) is 3.96. The number of aromatic nitrogens is 5. The maximum absolute atomic E-state index is 14.0. The summed E-state index contributed by atoms with van der Waals surface area (Å²) >= 11 is 0. The van der Waals surface area contributed by atoms with E-state index in [-0.39, 0.29) is 5.82 Å². The summed E-state index contributed by atoms with van der Waals surface area (Å²) in [7, 11) is 0. The molecule has 1 aliphatic heterocycles. The van der Waals surface area contributed by atoms with E-state index in [1.54, 1.807) is 10.8 Å². The quantitative estimate of drug-likeness (QED) is 0.551. The molecule has 3 aromatic heterocycles. The summed E-state index contributed by atoms with van der Waals surface area (Å²) in [6.45, 7) is 4.73. The fraction of sp³-hybridized carbons (Fsp3) is 0.250. The third-order valence-corrected chi connectivity index (χ3v) is 5.35. The van der Waals surface area contributed by atoms with Gasteiger partial charge in [0, 0.05) is 30.3 Å². The molecule has 0 bridgehead atoms. The molecule has 26 heavy (non-hydrogen) atoms. The minimum atomic E-state index is -0.177. The van der Waals surface area contributed by atoms with Gasteiger partial charge < -0.3 is 4.57 Å². The van der Waals surface area contributed by atoms with Crippen molar-refractivity contribution in [1.82, 2.24) is 24.1 Å². The Bertz CT molecular complexity index is 1150. The molecule has 5 rings (SSSR count). The number of aryl methyl sites for hydroxylation is 1. The van der Waals surface area contributed by atoms with Gasteiger partial charge in [0.25, 0.3) is 0 Å². The number of fused-ring (bicyclic) bond motifs is 2. The molecule has 4 aromatic rings. The Hall–Kier alpha value is -3.02. The van der Waals surface area contributed by atoms with Crippen LogP contribution in [0.15, 0.2) is 36.8 Å². The van der Waals surface area contributed by atoms with E-state index in [0.29, 0.717) is 5.56 Å². The third-order valence-electron chi connectivity index (χ3n) is 5.35. The van der Waals surface area contributed by atoms with Gasteiger partial charge in [-0.25, -0.2) is 18.9 Å². The minimum absolute atomic E-state index is 0.177. The Morgan fingerprint density at radius 3 is 2.85 bits per heavy atom. The van der Waals surface area contributed by atoms with Crippen LogP contribution in [0.5, 0.6) is 0 Å². The van der Waals surface area contributed by atoms with E-state index in [2.05, 4.69) is 20.7 Å². The van der Waals surface area contributed by atoms with Crippen LogP contribution in [-0.2, 0) is 13.0 Å². The van der Waals surface area contributed by atoms with E-state index in [4.69, 9.17) is 4.98 Å². The zero-order valence-corrected chi connectivity index (χ0v) is 14.7. The lowest BCUT2D eigenvalue weighted by atomic mass is 9.97. The van der Waals surface area contributed by atoms with Crippen LogP contribution in [0, 0.1) is 19.7 Å². The second kappa shape index (κ2) is 5.49. The van der Waals surface area contributed by atoms with Crippen LogP contribution in [0.4, 0.5) is 4.39 Å². The number of benzene rings is 1. The zero-order chi connectivity index (χ0) is 17.8. The molecule has 130 valence electrons. The summed E-state index contributed by atoms with van der Waals surface area (Å²) in [5, 5.41) is 4.25. The van der Waals surface area contributed by atoms with Crippen LogP contribution >= 0.6 is 0 Å². The molecule has 0 unspecified atom stereocenters. The van der Waals surface area contributed by atoms with Crippen molar-refractivity contribution in [2.24, 2.45) is 0 Å². The molecule has 1 aromatic carbocycles. The van der Waals surface area contributed by atoms with E-state index in [9.17, 15) is 4.39 Å². The Morgan fingerprint density at radius 1 is 1.08 bits per heavy atom. The monoisotopic (exact) mass is 347 g/mol. The Kier molecular flexibility index (Phi) is 3.22. The Labute approximate surface area is 150 Å². The third kappa shape index (κ3) is 2.11. The van der Waals surface area contributed by atoms with Gasteiger partial charge in [-0.3, -0.25) is 0 Å². The first-order valence-corrected chi connectivity index (χ1v) is 8.79. The molecule has 1 aliphatic rings. The van der Waals surface area contributed by atoms with E-state index in [1.807, 2.05) is 32.2 Å². The average molecular weight is 347 g/mol. The zero-order valence-electron chi connectivity index (χ0n) is 14.7. The highest BCUT2D eigenvalue weighted by atomic mass is 19.1. The maximum Gasteiger partial charge on any atom is 0.155 e. The van der Waals surface area contributed by atoms with Gasteiger partial charge in [0.15, 0.2) is 5.65 Å². The molecule has 0 N–H and O–H groups in total. The molecular formula is C20H18FN5. The molecule has 0 radical (unpaired) electrons. The lowest BCUT2D eigenvalue weighted by Gasteiger charge is -2.12. The first-order valence-electron chi connectivity index (χ1n) is 8.79. The van der Waals surface area contributed by atoms with Gasteiger partial charge >= 0.3 is 0 Å². The molecular weight excluding hydrogens is 329 g/mol. The smallest absolute Gasteiger partial charge is 0.155 e. The van der Waals surface area contributed by atoms with Gasteiger partial charge in [-0.05, 0) is 55.7 Å². The summed E-state index contributed by atoms with van der Waals surface area (Å²) in [4.78, 5) is 9.15. The van der Waals surface area contributed by atoms with Gasteiger partial charge in [0.1, 0.15) is 18.0 Å². The molecule has 0 amide bonds. The molecule has 0 atom stereocenters. The van der Waals surface area contributed by atoms with Crippen LogP contribution in [0.1, 0.15) is 23.4 Å². The number of rotatable bonds is 2. The number of hydrogen-bond donors (Lipinski definition) is 0. The van der Waals surface area contributed by atoms with Crippen molar-refractivity contribution in [1.29, 1.82) is 0 Å². The van der Waals surface area contributed by atoms with Crippen molar-refractivity contribution in [2.75, 3.05) is 0 Å². The molecule has 4 heterocycles. The van der Waals surface area contributed by atoms with Crippen LogP contribution in [0.25, 0.3) is 28.2 Å². The Morgan fingerprint density at radius 2 is 1.96 bits per heavy atom. The summed E-state index contributed by atoms with van der Waals surface area (Å²) in [6, 6.07) is 7.39. The largest absolute Gasteiger partial charge is 0.327 e. The van der Waals surface area contributed by atoms with Gasteiger partial charge in [-0.15, -0.1) is 0 Å². The summed E-state index contributed by atoms with van der Waals surface area (Å²) < 4.78 is 18.0. The fourth-order valence-corrected chi connectivity index (χ4v) is 3.81. The van der Waals surface area contributed by atoms with Crippen LogP contribution in [-0.4, -0.2) is 24.1 Å². The summed E-state index contributed by atoms with van der Waals surface area (Å²) in [5.41, 5.74) is 6.44. The molecule has 0 fully saturated rings. The summed E-state index contributed by atoms with van der Waals surface area (Å²) in [5.74, 6) is 0.915.